The number of nitrogens with zero attached hydrogens (tertiary/aromatic N) is 1. The SMILES string of the molecule is CC#CCC(CO[Si](c1ccccc1)c1ccc(C(C)(C)C)cc1)OCCN(C)C(=O)OCC1c2ccccc2-c2ccccc21. The Bertz CT molecular complexity index is 1610. The van der Waals surface area contributed by atoms with E-state index in [1.165, 1.54) is 38.2 Å². The van der Waals surface area contributed by atoms with Crippen LogP contribution in [0.25, 0.3) is 11.1 Å². The van der Waals surface area contributed by atoms with Crippen LogP contribution in [-0.2, 0) is 19.3 Å². The lowest BCUT2D eigenvalue weighted by Gasteiger charge is -2.24. The highest BCUT2D eigenvalue weighted by molar-refractivity contribution is 6.80. The molecule has 1 unspecified atom stereocenters. The summed E-state index contributed by atoms with van der Waals surface area (Å²) in [4.78, 5) is 14.6. The molecule has 1 radical (unpaired) electrons. The van der Waals surface area contributed by atoms with E-state index in [2.05, 4.69) is 118 Å². The second-order valence-corrected chi connectivity index (χ2v) is 14.8. The van der Waals surface area contributed by atoms with Crippen molar-refractivity contribution in [3.63, 3.8) is 0 Å². The molecule has 5 nitrogen and oxygen atoms in total. The summed E-state index contributed by atoms with van der Waals surface area (Å²) < 4.78 is 18.7. The number of likely N-dealkylation sites (N-methyl/N-ethyl adjacent to an activating group) is 1. The second kappa shape index (κ2) is 15.4. The summed E-state index contributed by atoms with van der Waals surface area (Å²) in [5.41, 5.74) is 6.20. The lowest BCUT2D eigenvalue weighted by molar-refractivity contribution is 0.0139. The smallest absolute Gasteiger partial charge is 0.409 e. The van der Waals surface area contributed by atoms with Gasteiger partial charge in [0.05, 0.1) is 19.3 Å². The van der Waals surface area contributed by atoms with Gasteiger partial charge in [-0.2, -0.15) is 0 Å². The van der Waals surface area contributed by atoms with E-state index in [-0.39, 0.29) is 23.5 Å². The average Bonchev–Trinajstić information content (AvgIpc) is 3.39. The van der Waals surface area contributed by atoms with Gasteiger partial charge in [-0.25, -0.2) is 4.79 Å². The monoisotopic (exact) mass is 630 g/mol. The van der Waals surface area contributed by atoms with Crippen LogP contribution < -0.4 is 10.4 Å². The van der Waals surface area contributed by atoms with Crippen LogP contribution in [0.3, 0.4) is 0 Å². The molecule has 0 bridgehead atoms. The highest BCUT2D eigenvalue weighted by atomic mass is 28.3. The minimum absolute atomic E-state index is 0.0282. The largest absolute Gasteiger partial charge is 0.448 e. The van der Waals surface area contributed by atoms with Crippen molar-refractivity contribution in [1.29, 1.82) is 0 Å². The highest BCUT2D eigenvalue weighted by Gasteiger charge is 2.29. The van der Waals surface area contributed by atoms with Crippen LogP contribution in [-0.4, -0.2) is 59.6 Å². The Balaban J connectivity index is 1.16. The molecule has 46 heavy (non-hydrogen) atoms. The fraction of sp³-hybridized carbons (Fsp3) is 0.325. The number of hydrogen-bond donors (Lipinski definition) is 0. The molecule has 1 aliphatic rings. The molecule has 1 aliphatic carbocycles. The Kier molecular flexibility index (Phi) is 11.1. The lowest BCUT2D eigenvalue weighted by atomic mass is 9.87. The van der Waals surface area contributed by atoms with Crippen LogP contribution in [0.15, 0.2) is 103 Å². The summed E-state index contributed by atoms with van der Waals surface area (Å²) in [5, 5.41) is 2.38. The summed E-state index contributed by atoms with van der Waals surface area (Å²) in [6.07, 6.45) is -0.0290. The number of amides is 1. The van der Waals surface area contributed by atoms with Crippen LogP contribution >= 0.6 is 0 Å². The minimum Gasteiger partial charge on any atom is -0.448 e. The van der Waals surface area contributed by atoms with Crippen molar-refractivity contribution in [3.05, 3.63) is 120 Å². The maximum Gasteiger partial charge on any atom is 0.409 e. The summed E-state index contributed by atoms with van der Waals surface area (Å²) >= 11 is 0. The molecule has 0 aromatic heterocycles. The first-order chi connectivity index (χ1) is 22.3. The van der Waals surface area contributed by atoms with E-state index >= 15 is 0 Å². The average molecular weight is 631 g/mol. The summed E-state index contributed by atoms with van der Waals surface area (Å²) in [6, 6.07) is 35.9. The zero-order valence-electron chi connectivity index (χ0n) is 27.6. The van der Waals surface area contributed by atoms with E-state index < -0.39 is 9.04 Å². The second-order valence-electron chi connectivity index (χ2n) is 12.7. The third-order valence-electron chi connectivity index (χ3n) is 8.40. The zero-order chi connectivity index (χ0) is 32.5. The Morgan fingerprint density at radius 2 is 1.43 bits per heavy atom. The van der Waals surface area contributed by atoms with Gasteiger partial charge in [0.1, 0.15) is 6.61 Å². The van der Waals surface area contributed by atoms with E-state index in [1.54, 1.807) is 11.9 Å². The predicted molar refractivity (Wildman–Crippen MR) is 188 cm³/mol. The van der Waals surface area contributed by atoms with E-state index in [0.29, 0.717) is 32.8 Å². The number of rotatable bonds is 12. The van der Waals surface area contributed by atoms with Crippen LogP contribution in [0.4, 0.5) is 4.79 Å². The molecule has 0 N–H and O–H groups in total. The van der Waals surface area contributed by atoms with Gasteiger partial charge >= 0.3 is 6.09 Å². The summed E-state index contributed by atoms with van der Waals surface area (Å²) in [6.45, 7) is 9.97. The molecular formula is C40H44NO4Si. The predicted octanol–water partition coefficient (Wildman–Crippen LogP) is 6.79. The molecule has 0 heterocycles. The van der Waals surface area contributed by atoms with Crippen molar-refractivity contribution in [3.8, 4) is 23.0 Å². The van der Waals surface area contributed by atoms with E-state index in [0.717, 1.165) is 0 Å². The molecule has 237 valence electrons. The van der Waals surface area contributed by atoms with E-state index in [4.69, 9.17) is 13.9 Å². The third kappa shape index (κ3) is 8.16. The van der Waals surface area contributed by atoms with Crippen molar-refractivity contribution in [2.45, 2.75) is 51.6 Å². The summed E-state index contributed by atoms with van der Waals surface area (Å²) in [5.74, 6) is 6.17. The zero-order valence-corrected chi connectivity index (χ0v) is 28.6. The number of benzene rings is 4. The first kappa shape index (κ1) is 33.2. The number of ether oxygens (including phenoxy) is 2. The fourth-order valence-corrected chi connectivity index (χ4v) is 7.74. The molecule has 0 saturated carbocycles. The first-order valence-corrected chi connectivity index (χ1v) is 17.4. The number of fused-ring (bicyclic) bond motifs is 3. The van der Waals surface area contributed by atoms with Gasteiger partial charge in [-0.05, 0) is 50.5 Å². The van der Waals surface area contributed by atoms with Crippen LogP contribution in [0.1, 0.15) is 56.7 Å². The van der Waals surface area contributed by atoms with Gasteiger partial charge in [0.2, 0.25) is 0 Å². The normalized spacial score (nSPS) is 13.0. The molecule has 0 fully saturated rings. The van der Waals surface area contributed by atoms with Crippen molar-refractivity contribution in [2.75, 3.05) is 33.4 Å². The van der Waals surface area contributed by atoms with Gasteiger partial charge in [0.25, 0.3) is 9.04 Å². The summed E-state index contributed by atoms with van der Waals surface area (Å²) in [7, 11) is 0.243. The molecule has 4 aromatic carbocycles. The number of carbonyl (C=O) groups excluding carboxylic acids is 1. The molecule has 1 amide bonds. The molecule has 5 rings (SSSR count). The third-order valence-corrected chi connectivity index (χ3v) is 10.6. The fourth-order valence-electron chi connectivity index (χ4n) is 5.75. The van der Waals surface area contributed by atoms with Gasteiger partial charge < -0.3 is 18.8 Å². The van der Waals surface area contributed by atoms with Gasteiger partial charge in [-0.15, -0.1) is 11.8 Å². The van der Waals surface area contributed by atoms with Crippen molar-refractivity contribution in [1.82, 2.24) is 4.90 Å². The topological polar surface area (TPSA) is 48.0 Å². The van der Waals surface area contributed by atoms with Crippen molar-refractivity contribution >= 4 is 25.5 Å². The van der Waals surface area contributed by atoms with Crippen LogP contribution in [0.2, 0.25) is 0 Å². The number of carbonyl (C=O) groups is 1. The Hall–Kier alpha value is -4.15. The van der Waals surface area contributed by atoms with Crippen molar-refractivity contribution in [2.24, 2.45) is 0 Å². The van der Waals surface area contributed by atoms with Crippen LogP contribution in [0, 0.1) is 11.8 Å². The molecule has 4 aromatic rings. The molecular weight excluding hydrogens is 587 g/mol. The molecule has 0 saturated heterocycles. The Labute approximate surface area is 276 Å². The van der Waals surface area contributed by atoms with E-state index in [1.807, 2.05) is 25.1 Å². The molecule has 1 atom stereocenters. The molecule has 0 aliphatic heterocycles. The van der Waals surface area contributed by atoms with Crippen molar-refractivity contribution < 1.29 is 18.7 Å². The lowest BCUT2D eigenvalue weighted by Crippen LogP contribution is -2.46. The highest BCUT2D eigenvalue weighted by Crippen LogP contribution is 2.44. The van der Waals surface area contributed by atoms with Crippen LogP contribution in [0.5, 0.6) is 0 Å². The van der Waals surface area contributed by atoms with Gasteiger partial charge in [0.15, 0.2) is 0 Å². The Morgan fingerprint density at radius 3 is 2.04 bits per heavy atom. The minimum atomic E-state index is -1.50. The standard InChI is InChI=1S/C40H44NO4Si/c1-6-7-15-31(28-45-46(32-16-9-8-10-17-32)33-24-22-30(23-25-33)40(2,3)4)43-27-26-41(5)39(42)44-29-38-36-20-13-11-18-34(36)35-19-12-14-21-37(35)38/h8-14,16-25,31,38H,15,26-29H2,1-5H3. The molecule has 6 heteroatoms. The van der Waals surface area contributed by atoms with Gasteiger partial charge in [-0.3, -0.25) is 0 Å². The first-order valence-electron chi connectivity index (χ1n) is 16.0. The van der Waals surface area contributed by atoms with E-state index in [9.17, 15) is 4.79 Å². The van der Waals surface area contributed by atoms with Gasteiger partial charge in [-0.1, -0.05) is 124 Å². The quantitative estimate of drug-likeness (QED) is 0.128. The maximum absolute atomic E-state index is 13.0. The number of hydrogen-bond acceptors (Lipinski definition) is 4. The Morgan fingerprint density at radius 1 is 0.848 bits per heavy atom. The maximum atomic E-state index is 13.0. The molecule has 0 spiro atoms. The van der Waals surface area contributed by atoms with Gasteiger partial charge in [0, 0.05) is 25.9 Å².